The molecule has 6 amide bonds. The van der Waals surface area contributed by atoms with Gasteiger partial charge in [0.05, 0.1) is 31.8 Å². The van der Waals surface area contributed by atoms with Crippen molar-refractivity contribution in [1.82, 2.24) is 31.5 Å². The third-order valence-corrected chi connectivity index (χ3v) is 13.8. The molecule has 2 unspecified atom stereocenters. The van der Waals surface area contributed by atoms with E-state index in [1.165, 1.54) is 24.2 Å². The number of nitrogens with one attached hydrogen (secondary N) is 5. The molecule has 2 bridgehead atoms. The molecule has 16 heteroatoms. The molecule has 1 aromatic carbocycles. The quantitative estimate of drug-likeness (QED) is 0.116. The van der Waals surface area contributed by atoms with Crippen LogP contribution < -0.4 is 32.3 Å². The summed E-state index contributed by atoms with van der Waals surface area (Å²) in [6, 6.07) is 4.07. The van der Waals surface area contributed by atoms with Crippen molar-refractivity contribution in [3.63, 3.8) is 0 Å². The number of benzene rings is 1. The Bertz CT molecular complexity index is 1650. The van der Waals surface area contributed by atoms with Crippen LogP contribution in [-0.4, -0.2) is 117 Å². The predicted molar refractivity (Wildman–Crippen MR) is 242 cm³/mol. The van der Waals surface area contributed by atoms with Crippen molar-refractivity contribution in [1.29, 1.82) is 0 Å². The summed E-state index contributed by atoms with van der Waals surface area (Å²) >= 11 is 0. The van der Waals surface area contributed by atoms with E-state index in [0.29, 0.717) is 62.8 Å². The van der Waals surface area contributed by atoms with Gasteiger partial charge in [-0.3, -0.25) is 24.0 Å². The molecule has 1 heterocycles. The molecule has 1 aliphatic heterocycles. The molecule has 358 valence electrons. The van der Waals surface area contributed by atoms with E-state index in [4.69, 9.17) is 19.9 Å². The smallest absolute Gasteiger partial charge is 0.407 e. The zero-order valence-corrected chi connectivity index (χ0v) is 38.8. The minimum Gasteiger partial charge on any atom is -0.445 e. The second kappa shape index (κ2) is 26.0. The van der Waals surface area contributed by atoms with E-state index in [9.17, 15) is 28.8 Å². The number of nitrogens with two attached hydrogens (primary N) is 1. The first kappa shape index (κ1) is 50.7. The standard InChI is InChI=1S/C48H77N7O9/c1-5-14-40-45(58)54-42(37-17-11-6-7-12-18-37)46(59)52-38(27-50-48(61)64-29-33-15-9-8-10-16-33)43(56)53-39(30-62-22-13-21-49)44(57)51-31(2)28-63-41(32(3)47(60)55(40)4)26-36-24-34-19-20-35(23-34)25-36/h8-10,15-16,31-32,34-42H,5-7,11-14,17-30,49H2,1-4H3,(H,50,61)(H,51,57)(H,52,59)(H,53,56)(H,54,58)/t31-,32-,34-,35?,36?,38+,39+,40+,41-,42+/m1/s1. The van der Waals surface area contributed by atoms with Gasteiger partial charge >= 0.3 is 6.09 Å². The van der Waals surface area contributed by atoms with Gasteiger partial charge in [0.15, 0.2) is 0 Å². The van der Waals surface area contributed by atoms with Crippen LogP contribution in [-0.2, 0) is 44.8 Å². The second-order valence-electron chi connectivity index (χ2n) is 19.0. The molecule has 1 saturated heterocycles. The topological polar surface area (TPSA) is 220 Å². The Hall–Kier alpha value is -4.28. The summed E-state index contributed by atoms with van der Waals surface area (Å²) in [7, 11) is 1.65. The lowest BCUT2D eigenvalue weighted by Crippen LogP contribution is -2.62. The number of carbonyl (C=O) groups is 6. The van der Waals surface area contributed by atoms with Crippen molar-refractivity contribution in [2.75, 3.05) is 40.0 Å². The van der Waals surface area contributed by atoms with Crippen LogP contribution in [0.25, 0.3) is 0 Å². The Morgan fingerprint density at radius 2 is 1.52 bits per heavy atom. The van der Waals surface area contributed by atoms with Crippen LogP contribution >= 0.6 is 0 Å². The van der Waals surface area contributed by atoms with Crippen LogP contribution in [0.1, 0.15) is 123 Å². The van der Waals surface area contributed by atoms with E-state index in [1.807, 2.05) is 44.2 Å². The fraction of sp³-hybridized carbons (Fsp3) is 0.750. The van der Waals surface area contributed by atoms with E-state index >= 15 is 0 Å². The molecule has 0 aromatic heterocycles. The van der Waals surface area contributed by atoms with Gasteiger partial charge in [0.1, 0.15) is 30.8 Å². The fourth-order valence-corrected chi connectivity index (χ4v) is 10.2. The van der Waals surface area contributed by atoms with Crippen LogP contribution in [0.5, 0.6) is 0 Å². The lowest BCUT2D eigenvalue weighted by atomic mass is 9.77. The third kappa shape index (κ3) is 15.4. The number of nitrogens with zero attached hydrogens (tertiary/aromatic N) is 1. The Balaban J connectivity index is 1.46. The third-order valence-electron chi connectivity index (χ3n) is 13.8. The van der Waals surface area contributed by atoms with Crippen molar-refractivity contribution in [2.45, 2.75) is 160 Å². The molecule has 10 atom stereocenters. The van der Waals surface area contributed by atoms with Crippen molar-refractivity contribution in [3.8, 4) is 0 Å². The molecule has 16 nitrogen and oxygen atoms in total. The fourth-order valence-electron chi connectivity index (χ4n) is 10.2. The molecular weight excluding hydrogens is 819 g/mol. The summed E-state index contributed by atoms with van der Waals surface area (Å²) in [6.07, 6.45) is 11.9. The lowest BCUT2D eigenvalue weighted by Gasteiger charge is -2.36. The molecular formula is C48H77N7O9. The van der Waals surface area contributed by atoms with Gasteiger partial charge in [-0.05, 0) is 94.1 Å². The summed E-state index contributed by atoms with van der Waals surface area (Å²) in [5.74, 6) is -1.64. The van der Waals surface area contributed by atoms with Crippen molar-refractivity contribution in [3.05, 3.63) is 35.9 Å². The van der Waals surface area contributed by atoms with Gasteiger partial charge in [-0.15, -0.1) is 0 Å². The monoisotopic (exact) mass is 896 g/mol. The Morgan fingerprint density at radius 3 is 2.19 bits per heavy atom. The maximum Gasteiger partial charge on any atom is 0.407 e. The van der Waals surface area contributed by atoms with E-state index in [0.717, 1.165) is 44.1 Å². The molecule has 4 fully saturated rings. The van der Waals surface area contributed by atoms with Crippen molar-refractivity contribution >= 4 is 35.6 Å². The summed E-state index contributed by atoms with van der Waals surface area (Å²) in [5.41, 5.74) is 6.46. The highest BCUT2D eigenvalue weighted by molar-refractivity contribution is 5.96. The predicted octanol–water partition coefficient (Wildman–Crippen LogP) is 4.09. The van der Waals surface area contributed by atoms with Gasteiger partial charge in [-0.25, -0.2) is 4.79 Å². The van der Waals surface area contributed by atoms with E-state index in [1.54, 1.807) is 14.0 Å². The molecule has 4 aliphatic rings. The maximum absolute atomic E-state index is 14.6. The summed E-state index contributed by atoms with van der Waals surface area (Å²) in [5, 5.41) is 14.2. The number of amides is 6. The maximum atomic E-state index is 14.6. The van der Waals surface area contributed by atoms with Crippen molar-refractivity contribution < 1.29 is 43.0 Å². The second-order valence-corrected chi connectivity index (χ2v) is 19.0. The highest BCUT2D eigenvalue weighted by atomic mass is 16.5. The number of carbonyl (C=O) groups excluding carboxylic acids is 6. The largest absolute Gasteiger partial charge is 0.445 e. The van der Waals surface area contributed by atoms with E-state index < -0.39 is 72.0 Å². The molecule has 0 radical (unpaired) electrons. The molecule has 5 rings (SSSR count). The van der Waals surface area contributed by atoms with Crippen LogP contribution in [0.3, 0.4) is 0 Å². The summed E-state index contributed by atoms with van der Waals surface area (Å²) in [4.78, 5) is 86.6. The first-order valence-electron chi connectivity index (χ1n) is 24.2. The van der Waals surface area contributed by atoms with E-state index in [2.05, 4.69) is 26.6 Å². The number of hydrogen-bond donors (Lipinski definition) is 6. The van der Waals surface area contributed by atoms with Crippen molar-refractivity contribution in [2.24, 2.45) is 35.3 Å². The van der Waals surface area contributed by atoms with Gasteiger partial charge in [0.25, 0.3) is 0 Å². The van der Waals surface area contributed by atoms with Crippen LogP contribution in [0.2, 0.25) is 0 Å². The highest BCUT2D eigenvalue weighted by Crippen LogP contribution is 2.46. The number of alkyl carbamates (subject to hydrolysis) is 1. The first-order chi connectivity index (χ1) is 30.9. The number of rotatable bonds is 14. The number of fused-ring (bicyclic) bond motifs is 2. The Morgan fingerprint density at radius 1 is 0.844 bits per heavy atom. The van der Waals surface area contributed by atoms with Crippen LogP contribution in [0.4, 0.5) is 4.79 Å². The molecule has 1 aromatic rings. The molecule has 0 spiro atoms. The normalized spacial score (nSPS) is 30.7. The number of hydrogen-bond acceptors (Lipinski definition) is 10. The molecule has 3 saturated carbocycles. The molecule has 3 aliphatic carbocycles. The van der Waals surface area contributed by atoms with Gasteiger partial charge in [0, 0.05) is 19.7 Å². The van der Waals surface area contributed by atoms with Gasteiger partial charge in [-0.2, -0.15) is 0 Å². The minimum atomic E-state index is -1.39. The van der Waals surface area contributed by atoms with Crippen LogP contribution in [0, 0.1) is 29.6 Å². The van der Waals surface area contributed by atoms with Crippen LogP contribution in [0.15, 0.2) is 30.3 Å². The van der Waals surface area contributed by atoms with E-state index in [-0.39, 0.29) is 44.8 Å². The Kier molecular flexibility index (Phi) is 20.6. The first-order valence-corrected chi connectivity index (χ1v) is 24.2. The number of likely N-dealkylation sites (N-methyl/N-ethyl adjacent to an activating group) is 1. The molecule has 64 heavy (non-hydrogen) atoms. The summed E-state index contributed by atoms with van der Waals surface area (Å²) in [6.45, 7) is 5.74. The molecule has 7 N–H and O–H groups in total. The Labute approximate surface area is 380 Å². The SMILES string of the molecule is CCC[C@H]1C(=O)N[C@@H](C2CCCCCC2)C(=O)N[C@@H](CNC(=O)OCc2ccccc2)C(=O)N[C@@H](COCCCN)C(=O)N[C@H](C)CO[C@H](CC2CC3CC[C@H](C3)C2)[C@@H](C)C(=O)N1C. The zero-order valence-electron chi connectivity index (χ0n) is 38.8. The van der Waals surface area contributed by atoms with Gasteiger partial charge < -0.3 is 51.4 Å². The average Bonchev–Trinajstić information content (AvgIpc) is 3.43. The lowest BCUT2D eigenvalue weighted by molar-refractivity contribution is -0.147. The zero-order chi connectivity index (χ0) is 46.0. The van der Waals surface area contributed by atoms with Gasteiger partial charge in [-0.1, -0.05) is 89.1 Å². The highest BCUT2D eigenvalue weighted by Gasteiger charge is 2.41. The number of ether oxygens (including phenoxy) is 3. The minimum absolute atomic E-state index is 0.0210. The van der Waals surface area contributed by atoms with Gasteiger partial charge in [0.2, 0.25) is 29.5 Å². The summed E-state index contributed by atoms with van der Waals surface area (Å²) < 4.78 is 17.8. The average molecular weight is 896 g/mol.